The number of imidazole rings is 1. The van der Waals surface area contributed by atoms with E-state index >= 15 is 0 Å². The molecule has 168 valence electrons. The Morgan fingerprint density at radius 1 is 1.36 bits per heavy atom. The molecule has 0 saturated carbocycles. The Labute approximate surface area is 190 Å². The summed E-state index contributed by atoms with van der Waals surface area (Å²) in [6, 6.07) is 6.94. The van der Waals surface area contributed by atoms with Crippen LogP contribution in [0, 0.1) is 11.8 Å². The van der Waals surface area contributed by atoms with Crippen molar-refractivity contribution in [1.29, 1.82) is 0 Å². The lowest BCUT2D eigenvalue weighted by molar-refractivity contribution is -0.137. The Hall–Kier alpha value is -4.23. The Kier molecular flexibility index (Phi) is 5.81. The van der Waals surface area contributed by atoms with E-state index in [2.05, 4.69) is 26.8 Å². The van der Waals surface area contributed by atoms with E-state index in [9.17, 15) is 14.7 Å². The van der Waals surface area contributed by atoms with E-state index in [0.29, 0.717) is 17.7 Å². The van der Waals surface area contributed by atoms with E-state index in [1.165, 1.54) is 11.2 Å². The Balaban J connectivity index is 1.76. The van der Waals surface area contributed by atoms with Crippen molar-refractivity contribution in [2.75, 3.05) is 25.9 Å². The highest BCUT2D eigenvalue weighted by atomic mass is 16.5. The van der Waals surface area contributed by atoms with Crippen molar-refractivity contribution in [3.63, 3.8) is 0 Å². The number of carbonyl (C=O) groups is 2. The highest BCUT2D eigenvalue weighted by molar-refractivity contribution is 5.95. The third kappa shape index (κ3) is 4.26. The molecule has 3 heterocycles. The molecule has 10 heteroatoms. The summed E-state index contributed by atoms with van der Waals surface area (Å²) in [7, 11) is 1.63. The van der Waals surface area contributed by atoms with Crippen molar-refractivity contribution in [2.24, 2.45) is 0 Å². The van der Waals surface area contributed by atoms with Crippen molar-refractivity contribution in [3.8, 4) is 29.0 Å². The second-order valence-electron chi connectivity index (χ2n) is 7.49. The number of aromatic nitrogens is 4. The summed E-state index contributed by atoms with van der Waals surface area (Å²) in [5, 5.41) is 10.5. The minimum Gasteiger partial charge on any atom is -0.461 e. The first-order valence-electron chi connectivity index (χ1n) is 10.3. The molecular weight excluding hydrogens is 424 g/mol. The van der Waals surface area contributed by atoms with E-state index in [1.807, 2.05) is 0 Å². The number of carbonyl (C=O) groups excluding carboxylic acids is 2. The summed E-state index contributed by atoms with van der Waals surface area (Å²) in [6.45, 7) is 2.30. The molecule has 0 aliphatic carbocycles. The minimum atomic E-state index is -1.70. The molecule has 1 aromatic carbocycles. The summed E-state index contributed by atoms with van der Waals surface area (Å²) >= 11 is 0. The Bertz CT molecular complexity index is 1280. The number of nitrogens with two attached hydrogens (primary N) is 1. The van der Waals surface area contributed by atoms with E-state index in [1.54, 1.807) is 55.2 Å². The molecule has 1 aliphatic heterocycles. The van der Waals surface area contributed by atoms with Crippen molar-refractivity contribution in [3.05, 3.63) is 54.2 Å². The summed E-state index contributed by atoms with van der Waals surface area (Å²) in [6.07, 6.45) is 4.96. The van der Waals surface area contributed by atoms with Crippen molar-refractivity contribution in [2.45, 2.75) is 18.9 Å². The number of aliphatic hydroxyl groups is 1. The van der Waals surface area contributed by atoms with E-state index in [4.69, 9.17) is 10.5 Å². The van der Waals surface area contributed by atoms with Gasteiger partial charge in [0, 0.05) is 43.5 Å². The van der Waals surface area contributed by atoms with Crippen molar-refractivity contribution >= 4 is 17.6 Å². The fourth-order valence-corrected chi connectivity index (χ4v) is 3.40. The summed E-state index contributed by atoms with van der Waals surface area (Å²) in [4.78, 5) is 39.0. The van der Waals surface area contributed by atoms with Gasteiger partial charge in [0.1, 0.15) is 12.0 Å². The number of hydrogen-bond donors (Lipinski definition) is 2. The van der Waals surface area contributed by atoms with Crippen LogP contribution in [0.1, 0.15) is 29.4 Å². The zero-order valence-corrected chi connectivity index (χ0v) is 18.1. The average molecular weight is 446 g/mol. The number of benzene rings is 1. The van der Waals surface area contributed by atoms with E-state index in [-0.39, 0.29) is 36.1 Å². The number of amides is 1. The maximum absolute atomic E-state index is 12.5. The molecule has 3 N–H and O–H groups in total. The van der Waals surface area contributed by atoms with Crippen LogP contribution in [0.4, 0.5) is 5.69 Å². The molecule has 0 spiro atoms. The lowest BCUT2D eigenvalue weighted by Gasteiger charge is -2.13. The smallest absolute Gasteiger partial charge is 0.359 e. The molecule has 0 bridgehead atoms. The molecule has 10 nitrogen and oxygen atoms in total. The first kappa shape index (κ1) is 22.0. The van der Waals surface area contributed by atoms with Gasteiger partial charge in [-0.05, 0) is 19.1 Å². The number of nitrogen functional groups attached to an aromatic ring is 1. The number of anilines is 1. The predicted molar refractivity (Wildman–Crippen MR) is 119 cm³/mol. The number of nitrogens with zero attached hydrogens (tertiary/aromatic N) is 5. The zero-order valence-electron chi connectivity index (χ0n) is 18.1. The Morgan fingerprint density at radius 3 is 2.85 bits per heavy atom. The van der Waals surface area contributed by atoms with Crippen LogP contribution in [0.25, 0.3) is 17.2 Å². The second kappa shape index (κ2) is 8.72. The summed E-state index contributed by atoms with van der Waals surface area (Å²) in [5.41, 5.74) is 5.60. The van der Waals surface area contributed by atoms with Gasteiger partial charge in [0.25, 0.3) is 5.91 Å². The van der Waals surface area contributed by atoms with Crippen LogP contribution >= 0.6 is 0 Å². The number of rotatable bonds is 4. The number of hydrogen-bond acceptors (Lipinski definition) is 8. The van der Waals surface area contributed by atoms with Gasteiger partial charge in [-0.15, -0.1) is 0 Å². The van der Waals surface area contributed by atoms with Crippen LogP contribution < -0.4 is 5.73 Å². The number of ether oxygens (including phenoxy) is 1. The fourth-order valence-electron chi connectivity index (χ4n) is 3.40. The molecular formula is C23H22N6O4. The zero-order chi connectivity index (χ0) is 23.6. The topological polar surface area (TPSA) is 136 Å². The van der Waals surface area contributed by atoms with Crippen LogP contribution in [0.15, 0.2) is 43.0 Å². The molecule has 0 unspecified atom stereocenters. The molecule has 2 aromatic heterocycles. The SMILES string of the molecule is CCOC(=O)c1nc(-c2cccc(C#C[C@]3(O)CCN(C)C3=O)c2)nc(-n2ccnc2)c1N. The Morgan fingerprint density at radius 2 is 2.18 bits per heavy atom. The molecule has 33 heavy (non-hydrogen) atoms. The predicted octanol–water partition coefficient (Wildman–Crippen LogP) is 1.03. The van der Waals surface area contributed by atoms with Gasteiger partial charge in [-0.2, -0.15) is 0 Å². The molecule has 3 aromatic rings. The number of likely N-dealkylation sites (N-methyl/N-ethyl adjacent to an activating group) is 1. The van der Waals surface area contributed by atoms with Gasteiger partial charge in [-0.3, -0.25) is 9.36 Å². The molecule has 1 amide bonds. The molecule has 1 fully saturated rings. The van der Waals surface area contributed by atoms with Gasteiger partial charge in [0.2, 0.25) is 5.60 Å². The first-order valence-corrected chi connectivity index (χ1v) is 10.3. The van der Waals surface area contributed by atoms with Gasteiger partial charge in [-0.25, -0.2) is 19.7 Å². The monoisotopic (exact) mass is 446 g/mol. The quantitative estimate of drug-likeness (QED) is 0.448. The highest BCUT2D eigenvalue weighted by Gasteiger charge is 2.42. The van der Waals surface area contributed by atoms with Crippen LogP contribution in [0.5, 0.6) is 0 Å². The molecule has 4 rings (SSSR count). The standard InChI is InChI=1S/C23H22N6O4/c1-3-33-21(30)18-17(24)20(29-12-10-25-14-29)27-19(26-18)16-6-4-5-15(13-16)7-8-23(32)9-11-28(2)22(23)31/h4-6,10,12-14,32H,3,9,11,24H2,1-2H3/t23-/m0/s1. The third-order valence-corrected chi connectivity index (χ3v) is 5.19. The van der Waals surface area contributed by atoms with Gasteiger partial charge in [-0.1, -0.05) is 24.0 Å². The first-order chi connectivity index (χ1) is 15.8. The average Bonchev–Trinajstić information content (AvgIpc) is 3.44. The van der Waals surface area contributed by atoms with Crippen LogP contribution in [-0.2, 0) is 9.53 Å². The molecule has 1 atom stereocenters. The maximum Gasteiger partial charge on any atom is 0.359 e. The maximum atomic E-state index is 12.5. The normalized spacial score (nSPS) is 17.5. The summed E-state index contributed by atoms with van der Waals surface area (Å²) in [5.74, 6) is 4.98. The van der Waals surface area contributed by atoms with Gasteiger partial charge in [0.15, 0.2) is 17.3 Å². The van der Waals surface area contributed by atoms with Crippen LogP contribution in [0.3, 0.4) is 0 Å². The third-order valence-electron chi connectivity index (χ3n) is 5.19. The molecule has 1 saturated heterocycles. The fraction of sp³-hybridized carbons (Fsp3) is 0.261. The van der Waals surface area contributed by atoms with Gasteiger partial charge < -0.3 is 20.5 Å². The summed E-state index contributed by atoms with van der Waals surface area (Å²) < 4.78 is 6.67. The van der Waals surface area contributed by atoms with Crippen molar-refractivity contribution < 1.29 is 19.4 Å². The number of likely N-dealkylation sites (tertiary alicyclic amines) is 1. The molecule has 1 aliphatic rings. The lowest BCUT2D eigenvalue weighted by atomic mass is 10.0. The highest BCUT2D eigenvalue weighted by Crippen LogP contribution is 2.25. The number of esters is 1. The minimum absolute atomic E-state index is 0.0593. The van der Waals surface area contributed by atoms with Crippen molar-refractivity contribution in [1.82, 2.24) is 24.4 Å². The second-order valence-corrected chi connectivity index (χ2v) is 7.49. The van der Waals surface area contributed by atoms with Crippen LogP contribution in [0.2, 0.25) is 0 Å². The van der Waals surface area contributed by atoms with Gasteiger partial charge >= 0.3 is 5.97 Å². The van der Waals surface area contributed by atoms with E-state index < -0.39 is 17.5 Å². The largest absolute Gasteiger partial charge is 0.461 e. The lowest BCUT2D eigenvalue weighted by Crippen LogP contribution is -2.37. The van der Waals surface area contributed by atoms with Crippen LogP contribution in [-0.4, -0.2) is 67.2 Å². The van der Waals surface area contributed by atoms with Gasteiger partial charge in [0.05, 0.1) is 6.61 Å². The van der Waals surface area contributed by atoms with E-state index in [0.717, 1.165) is 0 Å². The molecule has 0 radical (unpaired) electrons.